The van der Waals surface area contributed by atoms with Gasteiger partial charge in [0.1, 0.15) is 0 Å². The third kappa shape index (κ3) is 2.39. The molecule has 2 unspecified atom stereocenters. The van der Waals surface area contributed by atoms with Crippen LogP contribution in [0.2, 0.25) is 0 Å². The number of nitrogens with zero attached hydrogens (tertiary/aromatic N) is 1. The third-order valence-corrected chi connectivity index (χ3v) is 2.31. The van der Waals surface area contributed by atoms with Crippen LogP contribution in [-0.2, 0) is 4.79 Å². The Morgan fingerprint density at radius 3 is 2.33 bits per heavy atom. The Labute approximate surface area is 84.4 Å². The van der Waals surface area contributed by atoms with Gasteiger partial charge in [-0.2, -0.15) is 8.78 Å². The van der Waals surface area contributed by atoms with Gasteiger partial charge in [0.2, 0.25) is 5.91 Å². The van der Waals surface area contributed by atoms with Gasteiger partial charge in [0.25, 0.3) is 0 Å². The van der Waals surface area contributed by atoms with Crippen LogP contribution in [0.4, 0.5) is 17.6 Å². The average Bonchev–Trinajstić information content (AvgIpc) is 2.32. The zero-order chi connectivity index (χ0) is 11.8. The van der Waals surface area contributed by atoms with Crippen LogP contribution in [0.25, 0.3) is 0 Å². The van der Waals surface area contributed by atoms with E-state index in [2.05, 4.69) is 5.32 Å². The van der Waals surface area contributed by atoms with Gasteiger partial charge in [0.15, 0.2) is 0 Å². The largest absolute Gasteiger partial charge is 0.324 e. The first-order valence-electron chi connectivity index (χ1n) is 4.48. The van der Waals surface area contributed by atoms with Gasteiger partial charge in [-0.25, -0.2) is 8.78 Å². The van der Waals surface area contributed by atoms with Gasteiger partial charge in [-0.05, 0) is 13.8 Å². The lowest BCUT2D eigenvalue weighted by molar-refractivity contribution is -0.156. The zero-order valence-corrected chi connectivity index (χ0v) is 8.31. The van der Waals surface area contributed by atoms with Gasteiger partial charge in [-0.15, -0.1) is 0 Å². The Morgan fingerprint density at radius 1 is 1.47 bits per heavy atom. The number of halogens is 4. The van der Waals surface area contributed by atoms with Crippen molar-refractivity contribution < 1.29 is 22.4 Å². The fourth-order valence-electron chi connectivity index (χ4n) is 1.47. The van der Waals surface area contributed by atoms with Gasteiger partial charge >= 0.3 is 12.3 Å². The summed E-state index contributed by atoms with van der Waals surface area (Å²) < 4.78 is 49.2. The van der Waals surface area contributed by atoms with Crippen molar-refractivity contribution in [1.29, 1.82) is 0 Å². The molecule has 1 N–H and O–H groups in total. The third-order valence-electron chi connectivity index (χ3n) is 2.31. The highest BCUT2D eigenvalue weighted by Gasteiger charge is 2.46. The fraction of sp³-hybridized carbons (Fsp3) is 0.875. The van der Waals surface area contributed by atoms with Crippen molar-refractivity contribution in [2.24, 2.45) is 0 Å². The molecule has 1 rings (SSSR count). The van der Waals surface area contributed by atoms with E-state index in [1.54, 1.807) is 0 Å². The molecule has 0 aromatic rings. The van der Waals surface area contributed by atoms with E-state index in [4.69, 9.17) is 0 Å². The number of nitrogens with one attached hydrogen (secondary N) is 1. The van der Waals surface area contributed by atoms with Gasteiger partial charge in [0, 0.05) is 0 Å². The summed E-state index contributed by atoms with van der Waals surface area (Å²) in [4.78, 5) is 12.0. The van der Waals surface area contributed by atoms with E-state index in [0.29, 0.717) is 0 Å². The summed E-state index contributed by atoms with van der Waals surface area (Å²) in [6.45, 7) is 1.73. The van der Waals surface area contributed by atoms with Crippen molar-refractivity contribution in [2.45, 2.75) is 38.4 Å². The van der Waals surface area contributed by atoms with Crippen molar-refractivity contribution >= 4 is 5.91 Å². The highest BCUT2D eigenvalue weighted by atomic mass is 19.3. The molecule has 88 valence electrons. The number of hydrogen-bond donors (Lipinski definition) is 1. The van der Waals surface area contributed by atoms with Crippen LogP contribution in [-0.4, -0.2) is 41.9 Å². The minimum atomic E-state index is -4.16. The maximum absolute atomic E-state index is 12.7. The fourth-order valence-corrected chi connectivity index (χ4v) is 1.47. The van der Waals surface area contributed by atoms with Gasteiger partial charge in [-0.3, -0.25) is 10.1 Å². The van der Waals surface area contributed by atoms with E-state index in [-0.39, 0.29) is 0 Å². The van der Waals surface area contributed by atoms with Crippen molar-refractivity contribution in [2.75, 3.05) is 6.54 Å². The number of carbonyl (C=O) groups excluding carboxylic acids is 1. The molecule has 0 aromatic carbocycles. The maximum atomic E-state index is 12.7. The predicted molar refractivity (Wildman–Crippen MR) is 44.7 cm³/mol. The average molecular weight is 228 g/mol. The Bertz CT molecular complexity index is 259. The number of rotatable bonds is 3. The van der Waals surface area contributed by atoms with Crippen molar-refractivity contribution in [1.82, 2.24) is 10.2 Å². The van der Waals surface area contributed by atoms with Crippen molar-refractivity contribution in [3.05, 3.63) is 0 Å². The molecule has 1 fully saturated rings. The Morgan fingerprint density at radius 2 is 2.00 bits per heavy atom. The molecule has 0 aliphatic carbocycles. The molecule has 1 amide bonds. The van der Waals surface area contributed by atoms with E-state index in [1.165, 1.54) is 13.8 Å². The van der Waals surface area contributed by atoms with Crippen LogP contribution in [0.1, 0.15) is 13.8 Å². The normalized spacial score (nSPS) is 27.9. The lowest BCUT2D eigenvalue weighted by atomic mass is 10.3. The van der Waals surface area contributed by atoms with Crippen LogP contribution in [0, 0.1) is 0 Å². The van der Waals surface area contributed by atoms with Gasteiger partial charge in [-0.1, -0.05) is 0 Å². The molecule has 0 radical (unpaired) electrons. The minimum absolute atomic E-state index is 0.581. The van der Waals surface area contributed by atoms with E-state index < -0.39 is 37.0 Å². The predicted octanol–water partition coefficient (Wildman–Crippen LogP) is 1.05. The van der Waals surface area contributed by atoms with E-state index in [1.807, 2.05) is 0 Å². The van der Waals surface area contributed by atoms with Gasteiger partial charge in [0.05, 0.1) is 18.8 Å². The maximum Gasteiger partial charge on any atom is 0.324 e. The molecule has 2 atom stereocenters. The lowest BCUT2D eigenvalue weighted by Gasteiger charge is -2.25. The van der Waals surface area contributed by atoms with Crippen LogP contribution in [0.15, 0.2) is 0 Å². The molecule has 15 heavy (non-hydrogen) atoms. The number of amides is 1. The highest BCUT2D eigenvalue weighted by Crippen LogP contribution is 2.26. The van der Waals surface area contributed by atoms with Crippen molar-refractivity contribution in [3.63, 3.8) is 0 Å². The van der Waals surface area contributed by atoms with E-state index >= 15 is 0 Å². The summed E-state index contributed by atoms with van der Waals surface area (Å²) in [5, 5.41) is 2.68. The molecule has 1 aliphatic heterocycles. The Kier molecular flexibility index (Phi) is 3.22. The topological polar surface area (TPSA) is 32.3 Å². The molecular formula is C8H12F4N2O. The monoisotopic (exact) mass is 228 g/mol. The molecule has 0 bridgehead atoms. The molecule has 1 saturated heterocycles. The standard InChI is InChI=1S/C8H12F4N2O/c1-4-6(15)14(5(2)13-4)3-8(11,12)7(9)10/h4-5,7,13H,3H2,1-2H3. The SMILES string of the molecule is CC1NC(C)N(CC(F)(F)C(F)F)C1=O. The summed E-state index contributed by atoms with van der Waals surface area (Å²) in [6, 6.07) is -0.603. The van der Waals surface area contributed by atoms with Crippen LogP contribution < -0.4 is 5.32 Å². The molecule has 0 aromatic heterocycles. The first-order valence-corrected chi connectivity index (χ1v) is 4.48. The summed E-state index contributed by atoms with van der Waals surface area (Å²) in [6.07, 6.45) is -4.40. The van der Waals surface area contributed by atoms with Crippen molar-refractivity contribution in [3.8, 4) is 0 Å². The Balaban J connectivity index is 2.70. The second kappa shape index (κ2) is 3.96. The van der Waals surface area contributed by atoms with E-state index in [0.717, 1.165) is 4.90 Å². The summed E-state index contributed by atoms with van der Waals surface area (Å²) in [5.41, 5.74) is 0. The molecular weight excluding hydrogens is 216 g/mol. The number of alkyl halides is 4. The summed E-state index contributed by atoms with van der Waals surface area (Å²) in [7, 11) is 0. The van der Waals surface area contributed by atoms with Gasteiger partial charge < -0.3 is 4.90 Å². The molecule has 0 saturated carbocycles. The second-order valence-electron chi connectivity index (χ2n) is 3.59. The number of carbonyl (C=O) groups is 1. The van der Waals surface area contributed by atoms with Crippen LogP contribution in [0.5, 0.6) is 0 Å². The highest BCUT2D eigenvalue weighted by molar-refractivity contribution is 5.83. The molecule has 1 heterocycles. The van der Waals surface area contributed by atoms with E-state index in [9.17, 15) is 22.4 Å². The quantitative estimate of drug-likeness (QED) is 0.732. The van der Waals surface area contributed by atoms with Crippen LogP contribution >= 0.6 is 0 Å². The molecule has 1 aliphatic rings. The molecule has 0 spiro atoms. The second-order valence-corrected chi connectivity index (χ2v) is 3.59. The first-order chi connectivity index (χ1) is 6.75. The van der Waals surface area contributed by atoms with Crippen LogP contribution in [0.3, 0.4) is 0 Å². The minimum Gasteiger partial charge on any atom is -0.320 e. The number of hydrogen-bond acceptors (Lipinski definition) is 2. The first kappa shape index (κ1) is 12.2. The Hall–Kier alpha value is -0.850. The molecule has 7 heteroatoms. The zero-order valence-electron chi connectivity index (χ0n) is 8.31. The lowest BCUT2D eigenvalue weighted by Crippen LogP contribution is -2.46. The smallest absolute Gasteiger partial charge is 0.320 e. The summed E-state index contributed by atoms with van der Waals surface area (Å²) >= 11 is 0. The molecule has 3 nitrogen and oxygen atoms in total. The summed E-state index contributed by atoms with van der Waals surface area (Å²) in [5.74, 6) is -4.74.